The average Bonchev–Trinajstić information content (AvgIpc) is 1.99. The van der Waals surface area contributed by atoms with Gasteiger partial charge in [0.25, 0.3) is 0 Å². The van der Waals surface area contributed by atoms with Crippen molar-refractivity contribution in [2.75, 3.05) is 6.61 Å². The molecule has 0 aromatic carbocycles. The lowest BCUT2D eigenvalue weighted by atomic mass is 9.99. The molecule has 96 valence electrons. The summed E-state index contributed by atoms with van der Waals surface area (Å²) in [5, 5.41) is 0. The van der Waals surface area contributed by atoms with Gasteiger partial charge in [-0.05, 0) is 27.7 Å². The van der Waals surface area contributed by atoms with Crippen LogP contribution in [-0.4, -0.2) is 32.7 Å². The first-order valence-electron chi connectivity index (χ1n) is 4.84. The Bertz CT molecular complexity index is 337. The summed E-state index contributed by atoms with van der Waals surface area (Å²) in [5.74, 6) is 0. The van der Waals surface area contributed by atoms with E-state index >= 15 is 0 Å². The van der Waals surface area contributed by atoms with Gasteiger partial charge in [0.05, 0.1) is 6.61 Å². The molecule has 1 atom stereocenters. The fraction of sp³-hybridized carbons (Fsp3) is 0.875. The number of ether oxygens (including phenoxy) is 1. The molecule has 16 heavy (non-hydrogen) atoms. The van der Waals surface area contributed by atoms with Gasteiger partial charge in [-0.15, -0.1) is 0 Å². The van der Waals surface area contributed by atoms with Gasteiger partial charge >= 0.3 is 16.3 Å². The first kappa shape index (κ1) is 15.1. The van der Waals surface area contributed by atoms with Crippen molar-refractivity contribution in [3.63, 3.8) is 0 Å². The number of rotatable bonds is 5. The van der Waals surface area contributed by atoms with E-state index in [4.69, 9.17) is 5.73 Å². The summed E-state index contributed by atoms with van der Waals surface area (Å²) in [6.07, 6.45) is -1.02. The SMILES string of the molecule is CCOC(=O)NS(=O)(=O)NC(C)(C)C(C)N. The molecule has 0 rings (SSSR count). The Morgan fingerprint density at radius 3 is 2.38 bits per heavy atom. The average molecular weight is 253 g/mol. The van der Waals surface area contributed by atoms with E-state index < -0.39 is 27.9 Å². The highest BCUT2D eigenvalue weighted by atomic mass is 32.2. The number of hydrogen-bond donors (Lipinski definition) is 3. The van der Waals surface area contributed by atoms with Crippen LogP contribution in [0.5, 0.6) is 0 Å². The van der Waals surface area contributed by atoms with Gasteiger partial charge in [0, 0.05) is 11.6 Å². The highest BCUT2D eigenvalue weighted by Crippen LogP contribution is 2.07. The number of nitrogens with one attached hydrogen (secondary N) is 2. The molecule has 0 saturated heterocycles. The summed E-state index contributed by atoms with van der Waals surface area (Å²) in [5.41, 5.74) is 4.73. The topological polar surface area (TPSA) is 111 Å². The van der Waals surface area contributed by atoms with Gasteiger partial charge < -0.3 is 10.5 Å². The number of amides is 1. The van der Waals surface area contributed by atoms with Crippen molar-refractivity contribution in [3.05, 3.63) is 0 Å². The van der Waals surface area contributed by atoms with Crippen LogP contribution in [0.2, 0.25) is 0 Å². The molecular weight excluding hydrogens is 234 g/mol. The van der Waals surface area contributed by atoms with Crippen molar-refractivity contribution in [2.24, 2.45) is 5.73 Å². The minimum atomic E-state index is -3.96. The Morgan fingerprint density at radius 1 is 1.50 bits per heavy atom. The van der Waals surface area contributed by atoms with E-state index in [-0.39, 0.29) is 6.61 Å². The standard InChI is InChI=1S/C8H19N3O4S/c1-5-15-7(12)10-16(13,14)11-8(3,4)6(2)9/h6,11H,5,9H2,1-4H3,(H,10,12). The van der Waals surface area contributed by atoms with Crippen molar-refractivity contribution < 1.29 is 17.9 Å². The van der Waals surface area contributed by atoms with Crippen molar-refractivity contribution in [1.29, 1.82) is 0 Å². The molecule has 0 radical (unpaired) electrons. The van der Waals surface area contributed by atoms with Crippen molar-refractivity contribution in [3.8, 4) is 0 Å². The Hall–Kier alpha value is -0.860. The van der Waals surface area contributed by atoms with Crippen molar-refractivity contribution >= 4 is 16.3 Å². The zero-order valence-electron chi connectivity index (χ0n) is 9.90. The smallest absolute Gasteiger partial charge is 0.421 e. The van der Waals surface area contributed by atoms with Gasteiger partial charge in [0.1, 0.15) is 0 Å². The lowest BCUT2D eigenvalue weighted by molar-refractivity contribution is 0.158. The van der Waals surface area contributed by atoms with Gasteiger partial charge in [-0.1, -0.05) is 0 Å². The second-order valence-corrected chi connectivity index (χ2v) is 5.35. The minimum absolute atomic E-state index is 0.0953. The maximum absolute atomic E-state index is 11.5. The van der Waals surface area contributed by atoms with Crippen LogP contribution in [0.25, 0.3) is 0 Å². The number of carbonyl (C=O) groups is 1. The third kappa shape index (κ3) is 5.29. The largest absolute Gasteiger partial charge is 0.449 e. The monoisotopic (exact) mass is 253 g/mol. The summed E-state index contributed by atoms with van der Waals surface area (Å²) in [6.45, 7) is 6.56. The molecule has 0 aliphatic carbocycles. The summed E-state index contributed by atoms with van der Waals surface area (Å²) < 4.78 is 31.3. The third-order valence-corrected chi connectivity index (χ3v) is 3.26. The quantitative estimate of drug-likeness (QED) is 0.622. The molecule has 4 N–H and O–H groups in total. The van der Waals surface area contributed by atoms with Gasteiger partial charge in [-0.25, -0.2) is 9.52 Å². The second kappa shape index (κ2) is 5.46. The lowest BCUT2D eigenvalue weighted by Gasteiger charge is -2.29. The molecule has 1 amide bonds. The number of hydrogen-bond acceptors (Lipinski definition) is 5. The molecule has 0 saturated carbocycles. The zero-order valence-corrected chi connectivity index (χ0v) is 10.7. The third-order valence-electron chi connectivity index (χ3n) is 2.03. The van der Waals surface area contributed by atoms with E-state index in [1.807, 2.05) is 0 Å². The molecule has 0 aliphatic rings. The van der Waals surface area contributed by atoms with E-state index in [1.54, 1.807) is 32.4 Å². The summed E-state index contributed by atoms with van der Waals surface area (Å²) in [6, 6.07) is -0.411. The van der Waals surface area contributed by atoms with Crippen LogP contribution in [0.15, 0.2) is 0 Å². The van der Waals surface area contributed by atoms with Gasteiger partial charge in [-0.3, -0.25) is 0 Å². The molecule has 0 heterocycles. The van der Waals surface area contributed by atoms with Gasteiger partial charge in [0.15, 0.2) is 0 Å². The van der Waals surface area contributed by atoms with Crippen LogP contribution in [-0.2, 0) is 14.9 Å². The van der Waals surface area contributed by atoms with E-state index in [0.29, 0.717) is 0 Å². The van der Waals surface area contributed by atoms with Gasteiger partial charge in [-0.2, -0.15) is 13.1 Å². The maximum Gasteiger partial charge on any atom is 0.421 e. The molecule has 0 aromatic heterocycles. The fourth-order valence-electron chi connectivity index (χ4n) is 0.735. The van der Waals surface area contributed by atoms with Gasteiger partial charge in [0.2, 0.25) is 0 Å². The van der Waals surface area contributed by atoms with E-state index in [9.17, 15) is 13.2 Å². The Kier molecular flexibility index (Phi) is 5.17. The first-order valence-corrected chi connectivity index (χ1v) is 6.33. The fourth-order valence-corrected chi connectivity index (χ4v) is 1.94. The normalized spacial score (nSPS) is 14.3. The predicted octanol–water partition coefficient (Wildman–Crippen LogP) is -0.307. The lowest BCUT2D eigenvalue weighted by Crippen LogP contribution is -2.57. The number of nitrogens with two attached hydrogens (primary N) is 1. The van der Waals surface area contributed by atoms with E-state index in [1.165, 1.54) is 0 Å². The Balaban J connectivity index is 4.53. The van der Waals surface area contributed by atoms with Crippen LogP contribution in [0.4, 0.5) is 4.79 Å². The molecule has 0 aromatic rings. The Labute approximate surface area is 95.9 Å². The summed E-state index contributed by atoms with van der Waals surface area (Å²) >= 11 is 0. The molecule has 8 heteroatoms. The highest BCUT2D eigenvalue weighted by molar-refractivity contribution is 7.88. The number of carbonyl (C=O) groups excluding carboxylic acids is 1. The van der Waals surface area contributed by atoms with E-state index in [0.717, 1.165) is 0 Å². The molecule has 0 aliphatic heterocycles. The second-order valence-electron chi connectivity index (χ2n) is 3.94. The maximum atomic E-state index is 11.5. The van der Waals surface area contributed by atoms with Crippen LogP contribution in [0.3, 0.4) is 0 Å². The molecule has 1 unspecified atom stereocenters. The Morgan fingerprint density at radius 2 is 2.00 bits per heavy atom. The van der Waals surface area contributed by atoms with Crippen LogP contribution >= 0.6 is 0 Å². The summed E-state index contributed by atoms with van der Waals surface area (Å²) in [7, 11) is -3.96. The van der Waals surface area contributed by atoms with E-state index in [2.05, 4.69) is 9.46 Å². The molecule has 0 bridgehead atoms. The van der Waals surface area contributed by atoms with Crippen LogP contribution in [0.1, 0.15) is 27.7 Å². The van der Waals surface area contributed by atoms with Crippen molar-refractivity contribution in [1.82, 2.24) is 9.44 Å². The molecular formula is C8H19N3O4S. The molecule has 0 spiro atoms. The zero-order chi connectivity index (χ0) is 13.0. The first-order chi connectivity index (χ1) is 7.10. The highest BCUT2D eigenvalue weighted by Gasteiger charge is 2.29. The molecule has 0 fully saturated rings. The summed E-state index contributed by atoms with van der Waals surface area (Å²) in [4.78, 5) is 10.9. The van der Waals surface area contributed by atoms with Crippen LogP contribution < -0.4 is 15.2 Å². The van der Waals surface area contributed by atoms with Crippen LogP contribution in [0, 0.1) is 0 Å². The molecule has 7 nitrogen and oxygen atoms in total. The van der Waals surface area contributed by atoms with Crippen molar-refractivity contribution in [2.45, 2.75) is 39.3 Å². The minimum Gasteiger partial charge on any atom is -0.449 e. The predicted molar refractivity (Wildman–Crippen MR) is 59.9 cm³/mol.